The molecule has 0 aliphatic carbocycles. The molecule has 0 atom stereocenters. The van der Waals surface area contributed by atoms with Gasteiger partial charge in [0.15, 0.2) is 0 Å². The van der Waals surface area contributed by atoms with Crippen LogP contribution in [-0.4, -0.2) is 24.1 Å². The lowest BCUT2D eigenvalue weighted by atomic mass is 10.1. The number of carboxylic acid groups (broad SMARTS) is 1. The molecule has 164 valence electrons. The molecule has 8 heteroatoms. The van der Waals surface area contributed by atoms with Gasteiger partial charge in [0, 0.05) is 0 Å². The Labute approximate surface area is 182 Å². The smallest absolute Gasteiger partial charge is 0.352 e. The van der Waals surface area contributed by atoms with Crippen LogP contribution in [0, 0.1) is 11.6 Å². The molecule has 0 aliphatic heterocycles. The molecule has 3 rings (SSSR count). The molecule has 32 heavy (non-hydrogen) atoms. The van der Waals surface area contributed by atoms with Crippen molar-refractivity contribution in [1.82, 2.24) is 5.32 Å². The van der Waals surface area contributed by atoms with E-state index in [0.29, 0.717) is 23.7 Å². The number of hydrogen-bond acceptors (Lipinski definition) is 4. The van der Waals surface area contributed by atoms with Crippen LogP contribution in [0.3, 0.4) is 0 Å². The van der Waals surface area contributed by atoms with Crippen molar-refractivity contribution in [2.24, 2.45) is 0 Å². The van der Waals surface area contributed by atoms with E-state index >= 15 is 0 Å². The van der Waals surface area contributed by atoms with Gasteiger partial charge in [-0.3, -0.25) is 4.79 Å². The second-order valence-electron chi connectivity index (χ2n) is 6.62. The van der Waals surface area contributed by atoms with Crippen molar-refractivity contribution in [2.75, 3.05) is 7.11 Å². The third kappa shape index (κ3) is 5.69. The Hall–Kier alpha value is -4.20. The van der Waals surface area contributed by atoms with Crippen LogP contribution in [0.15, 0.2) is 72.4 Å². The minimum atomic E-state index is -1.46. The molecular weight excluding hydrogens is 420 g/mol. The molecule has 3 aromatic rings. The highest BCUT2D eigenvalue weighted by Gasteiger charge is 2.20. The molecule has 3 aromatic carbocycles. The standard InChI is InChI=1S/C24H19F2NO5/c1-31-18-5-2-4-16(12-18)14-32-17-10-8-15(9-11-17)13-21(24(29)30)27-23(28)22-19(25)6-3-7-20(22)26/h2-13H,14H2,1H3,(H,27,28)(H,29,30)/b21-13-. The van der Waals surface area contributed by atoms with Crippen molar-refractivity contribution in [1.29, 1.82) is 0 Å². The van der Waals surface area contributed by atoms with Gasteiger partial charge < -0.3 is 19.9 Å². The zero-order chi connectivity index (χ0) is 23.1. The molecule has 0 radical (unpaired) electrons. The van der Waals surface area contributed by atoms with E-state index in [4.69, 9.17) is 9.47 Å². The van der Waals surface area contributed by atoms with Gasteiger partial charge in [0.05, 0.1) is 7.11 Å². The first-order valence-corrected chi connectivity index (χ1v) is 9.43. The van der Waals surface area contributed by atoms with E-state index in [9.17, 15) is 23.5 Å². The highest BCUT2D eigenvalue weighted by Crippen LogP contribution is 2.18. The summed E-state index contributed by atoms with van der Waals surface area (Å²) in [7, 11) is 1.58. The quantitative estimate of drug-likeness (QED) is 0.508. The number of carbonyl (C=O) groups is 2. The van der Waals surface area contributed by atoms with Crippen LogP contribution in [0.4, 0.5) is 8.78 Å². The van der Waals surface area contributed by atoms with Crippen molar-refractivity contribution < 1.29 is 33.0 Å². The molecule has 0 bridgehead atoms. The average molecular weight is 439 g/mol. The maximum Gasteiger partial charge on any atom is 0.352 e. The Morgan fingerprint density at radius 2 is 1.62 bits per heavy atom. The number of methoxy groups -OCH3 is 1. The fourth-order valence-corrected chi connectivity index (χ4v) is 2.81. The summed E-state index contributed by atoms with van der Waals surface area (Å²) in [5.41, 5.74) is -0.0568. The van der Waals surface area contributed by atoms with Gasteiger partial charge in [0.25, 0.3) is 5.91 Å². The predicted octanol–water partition coefficient (Wildman–Crippen LogP) is 4.41. The summed E-state index contributed by atoms with van der Waals surface area (Å²) in [6, 6.07) is 16.8. The number of ether oxygens (including phenoxy) is 2. The summed E-state index contributed by atoms with van der Waals surface area (Å²) in [6.45, 7) is 0.303. The van der Waals surface area contributed by atoms with E-state index in [1.54, 1.807) is 31.4 Å². The highest BCUT2D eigenvalue weighted by atomic mass is 19.1. The molecule has 0 aromatic heterocycles. The lowest BCUT2D eigenvalue weighted by Crippen LogP contribution is -2.28. The van der Waals surface area contributed by atoms with Crippen molar-refractivity contribution in [2.45, 2.75) is 6.61 Å². The first-order valence-electron chi connectivity index (χ1n) is 9.43. The zero-order valence-corrected chi connectivity index (χ0v) is 17.0. The van der Waals surface area contributed by atoms with Gasteiger partial charge in [-0.15, -0.1) is 0 Å². The fourth-order valence-electron chi connectivity index (χ4n) is 2.81. The lowest BCUT2D eigenvalue weighted by molar-refractivity contribution is -0.132. The Morgan fingerprint density at radius 3 is 2.25 bits per heavy atom. The molecule has 6 nitrogen and oxygen atoms in total. The van der Waals surface area contributed by atoms with E-state index in [1.165, 1.54) is 6.08 Å². The Morgan fingerprint density at radius 1 is 0.969 bits per heavy atom. The molecule has 2 N–H and O–H groups in total. The summed E-state index contributed by atoms with van der Waals surface area (Å²) >= 11 is 0. The van der Waals surface area contributed by atoms with Gasteiger partial charge in [-0.2, -0.15) is 0 Å². The second kappa shape index (κ2) is 10.2. The summed E-state index contributed by atoms with van der Waals surface area (Å²) in [5, 5.41) is 11.4. The number of hydrogen-bond donors (Lipinski definition) is 2. The van der Waals surface area contributed by atoms with Crippen LogP contribution in [0.5, 0.6) is 11.5 Å². The normalized spacial score (nSPS) is 11.0. The number of benzene rings is 3. The van der Waals surface area contributed by atoms with Gasteiger partial charge in [0.2, 0.25) is 0 Å². The van der Waals surface area contributed by atoms with E-state index in [0.717, 1.165) is 23.8 Å². The third-order valence-corrected chi connectivity index (χ3v) is 4.40. The van der Waals surface area contributed by atoms with Gasteiger partial charge >= 0.3 is 5.97 Å². The fraction of sp³-hybridized carbons (Fsp3) is 0.0833. The minimum Gasteiger partial charge on any atom is -0.497 e. The maximum atomic E-state index is 13.8. The molecule has 0 saturated carbocycles. The van der Waals surface area contributed by atoms with Gasteiger partial charge in [0.1, 0.15) is 41.0 Å². The molecule has 0 unspecified atom stereocenters. The summed E-state index contributed by atoms with van der Waals surface area (Å²) in [5.74, 6) is -3.60. The minimum absolute atomic E-state index is 0.303. The molecule has 0 spiro atoms. The number of carboxylic acids is 1. The maximum absolute atomic E-state index is 13.8. The van der Waals surface area contributed by atoms with Gasteiger partial charge in [-0.05, 0) is 53.6 Å². The van der Waals surface area contributed by atoms with Crippen LogP contribution in [-0.2, 0) is 11.4 Å². The molecule has 0 saturated heterocycles. The summed E-state index contributed by atoms with van der Waals surface area (Å²) in [6.07, 6.45) is 1.17. The Kier molecular flexibility index (Phi) is 7.17. The molecule has 1 amide bonds. The topological polar surface area (TPSA) is 84.9 Å². The van der Waals surface area contributed by atoms with Crippen LogP contribution in [0.25, 0.3) is 6.08 Å². The zero-order valence-electron chi connectivity index (χ0n) is 17.0. The number of nitrogens with one attached hydrogen (secondary N) is 1. The van der Waals surface area contributed by atoms with Gasteiger partial charge in [-0.1, -0.05) is 30.3 Å². The number of carbonyl (C=O) groups excluding carboxylic acids is 1. The number of amides is 1. The number of rotatable bonds is 8. The van der Waals surface area contributed by atoms with Crippen LogP contribution in [0.1, 0.15) is 21.5 Å². The van der Waals surface area contributed by atoms with Crippen molar-refractivity contribution in [3.63, 3.8) is 0 Å². The molecule has 0 fully saturated rings. The van der Waals surface area contributed by atoms with Crippen molar-refractivity contribution >= 4 is 18.0 Å². The largest absolute Gasteiger partial charge is 0.497 e. The van der Waals surface area contributed by atoms with Crippen LogP contribution >= 0.6 is 0 Å². The molecular formula is C24H19F2NO5. The van der Waals surface area contributed by atoms with Crippen molar-refractivity contribution in [3.05, 3.63) is 101 Å². The van der Waals surface area contributed by atoms with E-state index < -0.39 is 34.8 Å². The predicted molar refractivity (Wildman–Crippen MR) is 113 cm³/mol. The summed E-state index contributed by atoms with van der Waals surface area (Å²) in [4.78, 5) is 23.7. The Balaban J connectivity index is 1.70. The SMILES string of the molecule is COc1cccc(COc2ccc(/C=C(\NC(=O)c3c(F)cccc3F)C(=O)O)cc2)c1. The summed E-state index contributed by atoms with van der Waals surface area (Å²) < 4.78 is 38.4. The first kappa shape index (κ1) is 22.5. The van der Waals surface area contributed by atoms with Gasteiger partial charge in [-0.25, -0.2) is 13.6 Å². The second-order valence-corrected chi connectivity index (χ2v) is 6.62. The highest BCUT2D eigenvalue weighted by molar-refractivity contribution is 6.03. The van der Waals surface area contributed by atoms with Crippen LogP contribution in [0.2, 0.25) is 0 Å². The first-order chi connectivity index (χ1) is 15.4. The van der Waals surface area contributed by atoms with E-state index in [-0.39, 0.29) is 0 Å². The van der Waals surface area contributed by atoms with E-state index in [2.05, 4.69) is 0 Å². The monoisotopic (exact) mass is 439 g/mol. The number of halogens is 2. The number of aliphatic carboxylic acids is 1. The van der Waals surface area contributed by atoms with Crippen molar-refractivity contribution in [3.8, 4) is 11.5 Å². The molecule has 0 heterocycles. The Bertz CT molecular complexity index is 1140. The average Bonchev–Trinajstić information content (AvgIpc) is 2.78. The third-order valence-electron chi connectivity index (χ3n) is 4.40. The lowest BCUT2D eigenvalue weighted by Gasteiger charge is -2.09. The molecule has 0 aliphatic rings. The van der Waals surface area contributed by atoms with E-state index in [1.807, 2.05) is 29.6 Å². The van der Waals surface area contributed by atoms with Crippen LogP contribution < -0.4 is 14.8 Å².